The molecule has 0 bridgehead atoms. The predicted molar refractivity (Wildman–Crippen MR) is 59.8 cm³/mol. The van der Waals surface area contributed by atoms with Crippen molar-refractivity contribution in [3.05, 3.63) is 0 Å². The highest BCUT2D eigenvalue weighted by molar-refractivity contribution is 4.81. The second-order valence-corrected chi connectivity index (χ2v) is 4.78. The van der Waals surface area contributed by atoms with Crippen molar-refractivity contribution >= 4 is 0 Å². The van der Waals surface area contributed by atoms with Crippen molar-refractivity contribution in [2.45, 2.75) is 46.6 Å². The zero-order chi connectivity index (χ0) is 10.5. The molecule has 2 heteroatoms. The highest BCUT2D eigenvalue weighted by atomic mass is 15.2. The molecule has 0 radical (unpaired) electrons. The highest BCUT2D eigenvalue weighted by Gasteiger charge is 2.23. The van der Waals surface area contributed by atoms with Crippen LogP contribution in [0.25, 0.3) is 0 Å². The van der Waals surface area contributed by atoms with E-state index in [-0.39, 0.29) is 5.54 Å². The molecule has 0 amide bonds. The standard InChI is InChI=1S/C11H26N2/c1-6-13(8-7-10(2)3)11(4,5)9-12/h10H,6-9,12H2,1-5H3. The van der Waals surface area contributed by atoms with E-state index in [0.29, 0.717) is 0 Å². The summed E-state index contributed by atoms with van der Waals surface area (Å²) in [5.74, 6) is 0.780. The van der Waals surface area contributed by atoms with Crippen molar-refractivity contribution in [2.75, 3.05) is 19.6 Å². The molecule has 2 N–H and O–H groups in total. The minimum Gasteiger partial charge on any atom is -0.329 e. The van der Waals surface area contributed by atoms with Crippen LogP contribution in [0.4, 0.5) is 0 Å². The molecular weight excluding hydrogens is 160 g/mol. The number of rotatable bonds is 6. The van der Waals surface area contributed by atoms with Gasteiger partial charge in [-0.1, -0.05) is 20.8 Å². The van der Waals surface area contributed by atoms with E-state index >= 15 is 0 Å². The Morgan fingerprint density at radius 3 is 2.15 bits per heavy atom. The SMILES string of the molecule is CCN(CCC(C)C)C(C)(C)CN. The zero-order valence-corrected chi connectivity index (χ0v) is 9.93. The van der Waals surface area contributed by atoms with Gasteiger partial charge >= 0.3 is 0 Å². The molecule has 0 rings (SSSR count). The van der Waals surface area contributed by atoms with Gasteiger partial charge in [-0.3, -0.25) is 4.90 Å². The summed E-state index contributed by atoms with van der Waals surface area (Å²) in [4.78, 5) is 2.47. The number of hydrogen-bond acceptors (Lipinski definition) is 2. The third-order valence-corrected chi connectivity index (χ3v) is 2.71. The van der Waals surface area contributed by atoms with Crippen LogP contribution in [0.1, 0.15) is 41.0 Å². The van der Waals surface area contributed by atoms with Crippen LogP contribution >= 0.6 is 0 Å². The van der Waals surface area contributed by atoms with Gasteiger partial charge in [0.05, 0.1) is 0 Å². The summed E-state index contributed by atoms with van der Waals surface area (Å²) >= 11 is 0. The Kier molecular flexibility index (Phi) is 5.57. The van der Waals surface area contributed by atoms with Gasteiger partial charge in [0, 0.05) is 12.1 Å². The monoisotopic (exact) mass is 186 g/mol. The summed E-state index contributed by atoms with van der Waals surface area (Å²) in [6, 6.07) is 0. The third kappa shape index (κ3) is 4.63. The van der Waals surface area contributed by atoms with E-state index in [1.54, 1.807) is 0 Å². The number of nitrogens with zero attached hydrogens (tertiary/aromatic N) is 1. The average molecular weight is 186 g/mol. The van der Waals surface area contributed by atoms with Crippen molar-refractivity contribution in [1.29, 1.82) is 0 Å². The van der Waals surface area contributed by atoms with Crippen LogP contribution < -0.4 is 5.73 Å². The predicted octanol–water partition coefficient (Wildman–Crippen LogP) is 2.09. The molecule has 0 atom stereocenters. The molecule has 0 spiro atoms. The summed E-state index contributed by atoms with van der Waals surface area (Å²) in [5.41, 5.74) is 5.90. The van der Waals surface area contributed by atoms with E-state index in [1.807, 2.05) is 0 Å². The van der Waals surface area contributed by atoms with Crippen molar-refractivity contribution in [3.8, 4) is 0 Å². The fourth-order valence-electron chi connectivity index (χ4n) is 1.43. The Labute approximate surface area is 83.5 Å². The van der Waals surface area contributed by atoms with Crippen molar-refractivity contribution in [3.63, 3.8) is 0 Å². The quantitative estimate of drug-likeness (QED) is 0.688. The van der Waals surface area contributed by atoms with Gasteiger partial charge in [0.2, 0.25) is 0 Å². The summed E-state index contributed by atoms with van der Waals surface area (Å²) < 4.78 is 0. The summed E-state index contributed by atoms with van der Waals surface area (Å²) in [5, 5.41) is 0. The molecule has 0 aromatic rings. The Balaban J connectivity index is 4.02. The lowest BCUT2D eigenvalue weighted by molar-refractivity contribution is 0.127. The van der Waals surface area contributed by atoms with Crippen LogP contribution in [-0.4, -0.2) is 30.1 Å². The molecule has 80 valence electrons. The van der Waals surface area contributed by atoms with Gasteiger partial charge in [0.15, 0.2) is 0 Å². The largest absolute Gasteiger partial charge is 0.329 e. The van der Waals surface area contributed by atoms with Crippen molar-refractivity contribution in [1.82, 2.24) is 4.90 Å². The fourth-order valence-corrected chi connectivity index (χ4v) is 1.43. The lowest BCUT2D eigenvalue weighted by Gasteiger charge is -2.37. The topological polar surface area (TPSA) is 29.3 Å². The lowest BCUT2D eigenvalue weighted by atomic mass is 10.0. The average Bonchev–Trinajstić information content (AvgIpc) is 2.04. The molecule has 0 saturated heterocycles. The van der Waals surface area contributed by atoms with Crippen LogP contribution in [0.5, 0.6) is 0 Å². The number of likely N-dealkylation sites (N-methyl/N-ethyl adjacent to an activating group) is 1. The number of nitrogens with two attached hydrogens (primary N) is 1. The van der Waals surface area contributed by atoms with Gasteiger partial charge < -0.3 is 5.73 Å². The van der Waals surface area contributed by atoms with Crippen LogP contribution in [0.2, 0.25) is 0 Å². The second-order valence-electron chi connectivity index (χ2n) is 4.78. The van der Waals surface area contributed by atoms with E-state index in [9.17, 15) is 0 Å². The molecule has 0 saturated carbocycles. The van der Waals surface area contributed by atoms with Crippen molar-refractivity contribution in [2.24, 2.45) is 11.7 Å². The first-order chi connectivity index (χ1) is 5.94. The molecule has 0 fully saturated rings. The van der Waals surface area contributed by atoms with Crippen LogP contribution in [-0.2, 0) is 0 Å². The van der Waals surface area contributed by atoms with Crippen LogP contribution in [0.15, 0.2) is 0 Å². The maximum atomic E-state index is 5.75. The van der Waals surface area contributed by atoms with Gasteiger partial charge in [-0.25, -0.2) is 0 Å². The maximum Gasteiger partial charge on any atom is 0.0275 e. The van der Waals surface area contributed by atoms with Crippen LogP contribution in [0.3, 0.4) is 0 Å². The van der Waals surface area contributed by atoms with Gasteiger partial charge in [-0.2, -0.15) is 0 Å². The van der Waals surface area contributed by atoms with E-state index < -0.39 is 0 Å². The lowest BCUT2D eigenvalue weighted by Crippen LogP contribution is -2.49. The molecule has 0 unspecified atom stereocenters. The van der Waals surface area contributed by atoms with E-state index in [4.69, 9.17) is 5.73 Å². The number of hydrogen-bond donors (Lipinski definition) is 1. The Hall–Kier alpha value is -0.0800. The molecule has 0 aromatic carbocycles. The first kappa shape index (κ1) is 12.9. The van der Waals surface area contributed by atoms with Crippen LogP contribution in [0, 0.1) is 5.92 Å². The first-order valence-electron chi connectivity index (χ1n) is 5.39. The third-order valence-electron chi connectivity index (χ3n) is 2.71. The summed E-state index contributed by atoms with van der Waals surface area (Å²) in [7, 11) is 0. The van der Waals surface area contributed by atoms with E-state index in [2.05, 4.69) is 39.5 Å². The maximum absolute atomic E-state index is 5.75. The molecular formula is C11H26N2. The Bertz CT molecular complexity index is 130. The highest BCUT2D eigenvalue weighted by Crippen LogP contribution is 2.14. The normalized spacial score (nSPS) is 12.9. The molecule has 0 aliphatic carbocycles. The smallest absolute Gasteiger partial charge is 0.0275 e. The molecule has 2 nitrogen and oxygen atoms in total. The fraction of sp³-hybridized carbons (Fsp3) is 1.00. The minimum atomic E-state index is 0.156. The minimum absolute atomic E-state index is 0.156. The molecule has 0 aliphatic heterocycles. The summed E-state index contributed by atoms with van der Waals surface area (Å²) in [6.45, 7) is 14.2. The second kappa shape index (κ2) is 5.61. The summed E-state index contributed by atoms with van der Waals surface area (Å²) in [6.07, 6.45) is 1.26. The van der Waals surface area contributed by atoms with E-state index in [0.717, 1.165) is 19.0 Å². The molecule has 13 heavy (non-hydrogen) atoms. The van der Waals surface area contributed by atoms with Gasteiger partial charge in [-0.15, -0.1) is 0 Å². The van der Waals surface area contributed by atoms with Gasteiger partial charge in [-0.05, 0) is 39.3 Å². The van der Waals surface area contributed by atoms with Gasteiger partial charge in [0.1, 0.15) is 0 Å². The Morgan fingerprint density at radius 2 is 1.85 bits per heavy atom. The zero-order valence-electron chi connectivity index (χ0n) is 9.93. The first-order valence-corrected chi connectivity index (χ1v) is 5.39. The molecule has 0 aromatic heterocycles. The van der Waals surface area contributed by atoms with E-state index in [1.165, 1.54) is 13.0 Å². The Morgan fingerprint density at radius 1 is 1.31 bits per heavy atom. The molecule has 0 heterocycles. The van der Waals surface area contributed by atoms with Gasteiger partial charge in [0.25, 0.3) is 0 Å². The molecule has 0 aliphatic rings. The van der Waals surface area contributed by atoms with Crippen molar-refractivity contribution < 1.29 is 0 Å².